The fourth-order valence-corrected chi connectivity index (χ4v) is 1.84. The van der Waals surface area contributed by atoms with E-state index < -0.39 is 0 Å². The van der Waals surface area contributed by atoms with E-state index in [4.69, 9.17) is 4.74 Å². The molecule has 104 valence electrons. The van der Waals surface area contributed by atoms with E-state index in [2.05, 4.69) is 0 Å². The molecule has 0 aliphatic rings. The smallest absolute Gasteiger partial charge is 0.253 e. The summed E-state index contributed by atoms with van der Waals surface area (Å²) in [6.45, 7) is 3.08. The average Bonchev–Trinajstić information content (AvgIpc) is 2.49. The van der Waals surface area contributed by atoms with Gasteiger partial charge in [0, 0.05) is 12.6 Å². The number of amides is 1. The Labute approximate surface area is 119 Å². The maximum atomic E-state index is 12.1. The number of nitrogens with zero attached hydrogens (tertiary/aromatic N) is 1. The van der Waals surface area contributed by atoms with E-state index in [0.29, 0.717) is 18.7 Å². The summed E-state index contributed by atoms with van der Waals surface area (Å²) in [4.78, 5) is 13.8. The van der Waals surface area contributed by atoms with Gasteiger partial charge in [0.1, 0.15) is 12.4 Å². The first-order chi connectivity index (χ1) is 9.66. The highest BCUT2D eigenvalue weighted by Crippen LogP contribution is 2.11. The zero-order valence-electron chi connectivity index (χ0n) is 11.9. The molecule has 0 N–H and O–H groups in total. The monoisotopic (exact) mass is 269 g/mol. The van der Waals surface area contributed by atoms with Crippen LogP contribution in [0.1, 0.15) is 15.9 Å². The lowest BCUT2D eigenvalue weighted by molar-refractivity contribution is 0.0774. The Morgan fingerprint density at radius 3 is 2.35 bits per heavy atom. The second-order valence-electron chi connectivity index (χ2n) is 4.75. The van der Waals surface area contributed by atoms with Crippen LogP contribution >= 0.6 is 0 Å². The summed E-state index contributed by atoms with van der Waals surface area (Å²) in [5, 5.41) is 0. The molecule has 20 heavy (non-hydrogen) atoms. The number of rotatable bonds is 5. The number of ether oxygens (including phenoxy) is 1. The van der Waals surface area contributed by atoms with E-state index in [1.807, 2.05) is 61.5 Å². The van der Waals surface area contributed by atoms with Gasteiger partial charge in [-0.3, -0.25) is 4.79 Å². The van der Waals surface area contributed by atoms with Gasteiger partial charge in [0.05, 0.1) is 6.54 Å². The molecule has 0 aromatic heterocycles. The van der Waals surface area contributed by atoms with Crippen molar-refractivity contribution in [2.45, 2.75) is 6.92 Å². The molecule has 0 atom stereocenters. The molecule has 0 saturated heterocycles. The minimum atomic E-state index is 0.0121. The van der Waals surface area contributed by atoms with E-state index in [1.165, 1.54) is 5.56 Å². The number of aryl methyl sites for hydroxylation is 1. The molecular formula is C17H19NO2. The van der Waals surface area contributed by atoms with Crippen LogP contribution in [0.15, 0.2) is 54.6 Å². The number of benzene rings is 2. The topological polar surface area (TPSA) is 29.5 Å². The molecule has 2 aromatic rings. The molecule has 0 fully saturated rings. The second-order valence-corrected chi connectivity index (χ2v) is 4.75. The predicted molar refractivity (Wildman–Crippen MR) is 80.1 cm³/mol. The van der Waals surface area contributed by atoms with Crippen molar-refractivity contribution in [1.29, 1.82) is 0 Å². The highest BCUT2D eigenvalue weighted by molar-refractivity contribution is 5.93. The first kappa shape index (κ1) is 14.1. The van der Waals surface area contributed by atoms with Crippen molar-refractivity contribution in [3.63, 3.8) is 0 Å². The fraction of sp³-hybridized carbons (Fsp3) is 0.235. The zero-order chi connectivity index (χ0) is 14.4. The van der Waals surface area contributed by atoms with Gasteiger partial charge in [-0.2, -0.15) is 0 Å². The van der Waals surface area contributed by atoms with Gasteiger partial charge in [-0.15, -0.1) is 0 Å². The van der Waals surface area contributed by atoms with Crippen molar-refractivity contribution < 1.29 is 9.53 Å². The number of carbonyl (C=O) groups is 1. The van der Waals surface area contributed by atoms with Gasteiger partial charge >= 0.3 is 0 Å². The Bertz CT molecular complexity index is 549. The normalized spacial score (nSPS) is 10.1. The lowest BCUT2D eigenvalue weighted by atomic mass is 10.2. The molecular weight excluding hydrogens is 250 g/mol. The molecule has 0 aliphatic carbocycles. The van der Waals surface area contributed by atoms with Crippen molar-refractivity contribution in [1.82, 2.24) is 4.90 Å². The third-order valence-electron chi connectivity index (χ3n) is 3.08. The van der Waals surface area contributed by atoms with E-state index in [1.54, 1.807) is 11.9 Å². The van der Waals surface area contributed by atoms with Gasteiger partial charge in [-0.05, 0) is 31.2 Å². The maximum absolute atomic E-state index is 12.1. The molecule has 3 nitrogen and oxygen atoms in total. The standard InChI is InChI=1S/C17H19NO2/c1-14-8-10-16(11-9-14)20-13-12-18(2)17(19)15-6-4-3-5-7-15/h3-11H,12-13H2,1-2H3. The van der Waals surface area contributed by atoms with Crippen LogP contribution in [0, 0.1) is 6.92 Å². The summed E-state index contributed by atoms with van der Waals surface area (Å²) in [5.41, 5.74) is 1.90. The highest BCUT2D eigenvalue weighted by atomic mass is 16.5. The molecule has 2 rings (SSSR count). The molecule has 0 saturated carbocycles. The first-order valence-electron chi connectivity index (χ1n) is 6.67. The molecule has 3 heteroatoms. The Hall–Kier alpha value is -2.29. The van der Waals surface area contributed by atoms with Crippen LogP contribution in [0.4, 0.5) is 0 Å². The number of hydrogen-bond donors (Lipinski definition) is 0. The molecule has 0 unspecified atom stereocenters. The fourth-order valence-electron chi connectivity index (χ4n) is 1.84. The third kappa shape index (κ3) is 3.85. The van der Waals surface area contributed by atoms with Crippen LogP contribution in [0.2, 0.25) is 0 Å². The average molecular weight is 269 g/mol. The van der Waals surface area contributed by atoms with Crippen molar-refractivity contribution in [3.8, 4) is 5.75 Å². The van der Waals surface area contributed by atoms with Crippen LogP contribution in [-0.4, -0.2) is 31.0 Å². The van der Waals surface area contributed by atoms with E-state index in [-0.39, 0.29) is 5.91 Å². The summed E-state index contributed by atoms with van der Waals surface area (Å²) in [5.74, 6) is 0.842. The molecule has 0 radical (unpaired) electrons. The molecule has 0 aliphatic heterocycles. The Morgan fingerprint density at radius 1 is 1.05 bits per heavy atom. The van der Waals surface area contributed by atoms with Gasteiger partial charge in [0.2, 0.25) is 0 Å². The van der Waals surface area contributed by atoms with E-state index in [9.17, 15) is 4.79 Å². The van der Waals surface area contributed by atoms with Crippen molar-refractivity contribution in [2.24, 2.45) is 0 Å². The van der Waals surface area contributed by atoms with E-state index >= 15 is 0 Å². The van der Waals surface area contributed by atoms with Gasteiger partial charge in [0.25, 0.3) is 5.91 Å². The summed E-state index contributed by atoms with van der Waals surface area (Å²) < 4.78 is 5.62. The van der Waals surface area contributed by atoms with Crippen LogP contribution in [-0.2, 0) is 0 Å². The third-order valence-corrected chi connectivity index (χ3v) is 3.08. The number of likely N-dealkylation sites (N-methyl/N-ethyl adjacent to an activating group) is 1. The number of carbonyl (C=O) groups excluding carboxylic acids is 1. The van der Waals surface area contributed by atoms with Crippen LogP contribution < -0.4 is 4.74 Å². The Balaban J connectivity index is 1.82. The Kier molecular flexibility index (Phi) is 4.77. The molecule has 2 aromatic carbocycles. The largest absolute Gasteiger partial charge is 0.492 e. The second kappa shape index (κ2) is 6.75. The van der Waals surface area contributed by atoms with Crippen LogP contribution in [0.5, 0.6) is 5.75 Å². The summed E-state index contributed by atoms with van der Waals surface area (Å²) in [6, 6.07) is 17.2. The summed E-state index contributed by atoms with van der Waals surface area (Å²) in [7, 11) is 1.79. The molecule has 0 heterocycles. The van der Waals surface area contributed by atoms with Crippen LogP contribution in [0.25, 0.3) is 0 Å². The quantitative estimate of drug-likeness (QED) is 0.834. The first-order valence-corrected chi connectivity index (χ1v) is 6.67. The highest BCUT2D eigenvalue weighted by Gasteiger charge is 2.10. The molecule has 0 spiro atoms. The minimum absolute atomic E-state index is 0.0121. The lowest BCUT2D eigenvalue weighted by Gasteiger charge is -2.17. The SMILES string of the molecule is Cc1ccc(OCCN(C)C(=O)c2ccccc2)cc1. The van der Waals surface area contributed by atoms with Gasteiger partial charge in [0.15, 0.2) is 0 Å². The van der Waals surface area contributed by atoms with Gasteiger partial charge < -0.3 is 9.64 Å². The summed E-state index contributed by atoms with van der Waals surface area (Å²) >= 11 is 0. The summed E-state index contributed by atoms with van der Waals surface area (Å²) in [6.07, 6.45) is 0. The van der Waals surface area contributed by atoms with Crippen molar-refractivity contribution in [2.75, 3.05) is 20.2 Å². The van der Waals surface area contributed by atoms with E-state index in [0.717, 1.165) is 5.75 Å². The molecule has 0 bridgehead atoms. The Morgan fingerprint density at radius 2 is 1.70 bits per heavy atom. The van der Waals surface area contributed by atoms with Crippen LogP contribution in [0.3, 0.4) is 0 Å². The lowest BCUT2D eigenvalue weighted by Crippen LogP contribution is -2.30. The zero-order valence-corrected chi connectivity index (χ0v) is 11.9. The van der Waals surface area contributed by atoms with Gasteiger partial charge in [-0.1, -0.05) is 35.9 Å². The van der Waals surface area contributed by atoms with Gasteiger partial charge in [-0.25, -0.2) is 0 Å². The predicted octanol–water partition coefficient (Wildman–Crippen LogP) is 3.15. The van der Waals surface area contributed by atoms with Crippen molar-refractivity contribution in [3.05, 3.63) is 65.7 Å². The van der Waals surface area contributed by atoms with Crippen molar-refractivity contribution >= 4 is 5.91 Å². The number of hydrogen-bond acceptors (Lipinski definition) is 2. The molecule has 1 amide bonds. The maximum Gasteiger partial charge on any atom is 0.253 e. The minimum Gasteiger partial charge on any atom is -0.492 e.